The Morgan fingerprint density at radius 2 is 1.51 bits per heavy atom. The highest BCUT2D eigenvalue weighted by Gasteiger charge is 2.29. The van der Waals surface area contributed by atoms with Crippen molar-refractivity contribution in [2.45, 2.75) is 50.7 Å². The van der Waals surface area contributed by atoms with Crippen LogP contribution in [0.3, 0.4) is 0 Å². The molecule has 0 bridgehead atoms. The molecule has 0 aliphatic carbocycles. The van der Waals surface area contributed by atoms with Gasteiger partial charge in [-0.3, -0.25) is 9.59 Å². The summed E-state index contributed by atoms with van der Waals surface area (Å²) in [6.07, 6.45) is -0.314. The quantitative estimate of drug-likeness (QED) is 0.0413. The Labute approximate surface area is 274 Å². The van der Waals surface area contributed by atoms with Gasteiger partial charge in [0, 0.05) is 52.8 Å². The van der Waals surface area contributed by atoms with E-state index in [4.69, 9.17) is 11.0 Å². The van der Waals surface area contributed by atoms with Gasteiger partial charge in [0.05, 0.1) is 18.6 Å². The number of nitrogens with one attached hydrogen (secondary N) is 1. The second-order valence-corrected chi connectivity index (χ2v) is 11.6. The van der Waals surface area contributed by atoms with Gasteiger partial charge in [-0.2, -0.15) is 5.90 Å². The Hall–Kier alpha value is -4.37. The number of hydrogen-bond donors (Lipinski definition) is 5. The van der Waals surface area contributed by atoms with Crippen molar-refractivity contribution in [3.63, 3.8) is 0 Å². The predicted molar refractivity (Wildman–Crippen MR) is 176 cm³/mol. The van der Waals surface area contributed by atoms with E-state index in [9.17, 15) is 28.6 Å². The molecular weight excluding hydrogens is 632 g/mol. The van der Waals surface area contributed by atoms with Crippen molar-refractivity contribution in [3.05, 3.63) is 107 Å². The summed E-state index contributed by atoms with van der Waals surface area (Å²) in [5, 5.41) is 32.7. The number of nitrogens with zero attached hydrogens (tertiary/aromatic N) is 1. The SMILES string of the molecule is CC(C)n1c(/C=C/[C@H](O)C[C@H](O)CC(=O)O)c(-c2ccc(F)cc2)c(-c2ccc(F)cc2)c1C(=O)Nc1ccc(CSOON)cc1. The molecule has 6 N–H and O–H groups in total. The molecule has 0 fully saturated rings. The minimum Gasteiger partial charge on any atom is -0.481 e. The maximum Gasteiger partial charge on any atom is 0.305 e. The van der Waals surface area contributed by atoms with E-state index >= 15 is 0 Å². The van der Waals surface area contributed by atoms with Gasteiger partial charge in [-0.15, -0.1) is 9.32 Å². The monoisotopic (exact) mass is 667 g/mol. The van der Waals surface area contributed by atoms with Crippen LogP contribution in [0.1, 0.15) is 54.5 Å². The van der Waals surface area contributed by atoms with Crippen LogP contribution in [0.4, 0.5) is 14.5 Å². The zero-order valence-electron chi connectivity index (χ0n) is 25.6. The lowest BCUT2D eigenvalue weighted by atomic mass is 9.94. The number of aromatic nitrogens is 1. The molecule has 1 amide bonds. The topological polar surface area (TPSA) is 156 Å². The van der Waals surface area contributed by atoms with Gasteiger partial charge in [-0.1, -0.05) is 42.5 Å². The fourth-order valence-electron chi connectivity index (χ4n) is 5.18. The van der Waals surface area contributed by atoms with Gasteiger partial charge in [0.2, 0.25) is 0 Å². The molecule has 10 nitrogen and oxygen atoms in total. The molecular formula is C34H35F2N3O7S. The molecule has 4 rings (SSSR count). The summed E-state index contributed by atoms with van der Waals surface area (Å²) in [7, 11) is 0. The van der Waals surface area contributed by atoms with E-state index in [1.54, 1.807) is 59.2 Å². The van der Waals surface area contributed by atoms with Crippen molar-refractivity contribution in [1.82, 2.24) is 4.57 Å². The molecule has 0 saturated carbocycles. The van der Waals surface area contributed by atoms with Gasteiger partial charge >= 0.3 is 5.97 Å². The number of hydrogen-bond acceptors (Lipinski definition) is 8. The van der Waals surface area contributed by atoms with E-state index in [0.717, 1.165) is 17.6 Å². The summed E-state index contributed by atoms with van der Waals surface area (Å²) in [5.41, 5.74) is 4.07. The molecule has 0 unspecified atom stereocenters. The van der Waals surface area contributed by atoms with Gasteiger partial charge in [0.15, 0.2) is 0 Å². The molecule has 3 aromatic carbocycles. The number of anilines is 1. The highest BCUT2D eigenvalue weighted by molar-refractivity contribution is 7.93. The van der Waals surface area contributed by atoms with Crippen LogP contribution < -0.4 is 11.2 Å². The molecule has 248 valence electrons. The van der Waals surface area contributed by atoms with Crippen molar-refractivity contribution in [3.8, 4) is 22.3 Å². The third-order valence-corrected chi connectivity index (χ3v) is 7.79. The molecule has 1 aromatic heterocycles. The lowest BCUT2D eigenvalue weighted by Gasteiger charge is -2.17. The van der Waals surface area contributed by atoms with Crippen LogP contribution in [0, 0.1) is 11.6 Å². The Balaban J connectivity index is 1.89. The molecule has 0 aliphatic rings. The average molecular weight is 668 g/mol. The first-order chi connectivity index (χ1) is 22.5. The number of aliphatic hydroxyl groups excluding tert-OH is 2. The van der Waals surface area contributed by atoms with Crippen molar-refractivity contribution >= 4 is 35.7 Å². The first-order valence-corrected chi connectivity index (χ1v) is 15.5. The van der Waals surface area contributed by atoms with E-state index < -0.39 is 42.1 Å². The summed E-state index contributed by atoms with van der Waals surface area (Å²) in [5.74, 6) is 2.67. The van der Waals surface area contributed by atoms with Crippen LogP contribution in [-0.4, -0.2) is 44.0 Å². The maximum absolute atomic E-state index is 14.3. The number of aliphatic hydroxyl groups is 2. The minimum atomic E-state index is -1.29. The number of amides is 1. The van der Waals surface area contributed by atoms with E-state index in [1.807, 2.05) is 13.8 Å². The number of halogens is 2. The fourth-order valence-corrected chi connectivity index (χ4v) is 5.61. The van der Waals surface area contributed by atoms with Gasteiger partial charge in [-0.25, -0.2) is 8.78 Å². The fraction of sp³-hybridized carbons (Fsp3) is 0.235. The third-order valence-electron chi connectivity index (χ3n) is 7.17. The van der Waals surface area contributed by atoms with E-state index in [1.165, 1.54) is 30.3 Å². The van der Waals surface area contributed by atoms with Crippen molar-refractivity contribution in [2.75, 3.05) is 5.32 Å². The molecule has 47 heavy (non-hydrogen) atoms. The number of aliphatic carboxylic acids is 1. The van der Waals surface area contributed by atoms with Crippen LogP contribution in [0.5, 0.6) is 0 Å². The predicted octanol–water partition coefficient (Wildman–Crippen LogP) is 6.50. The molecule has 13 heteroatoms. The number of carboxylic acid groups (broad SMARTS) is 1. The molecule has 1 heterocycles. The molecule has 2 atom stereocenters. The largest absolute Gasteiger partial charge is 0.481 e. The number of carbonyl (C=O) groups excluding carboxylic acids is 1. The zero-order valence-corrected chi connectivity index (χ0v) is 26.4. The summed E-state index contributed by atoms with van der Waals surface area (Å²) >= 11 is 0.992. The highest BCUT2D eigenvalue weighted by atomic mass is 32.2. The Bertz CT molecular complexity index is 1690. The molecule has 0 saturated heterocycles. The Morgan fingerprint density at radius 1 is 0.936 bits per heavy atom. The van der Waals surface area contributed by atoms with E-state index in [2.05, 4.69) is 14.6 Å². The Kier molecular flexibility index (Phi) is 12.4. The number of benzene rings is 3. The minimum absolute atomic E-state index is 0.221. The summed E-state index contributed by atoms with van der Waals surface area (Å²) in [6, 6.07) is 18.0. The number of carbonyl (C=O) groups is 2. The van der Waals surface area contributed by atoms with Gasteiger partial charge in [0.1, 0.15) is 17.3 Å². The molecule has 0 aliphatic heterocycles. The average Bonchev–Trinajstić information content (AvgIpc) is 3.37. The van der Waals surface area contributed by atoms with E-state index in [0.29, 0.717) is 39.4 Å². The first-order valence-electron chi connectivity index (χ1n) is 14.6. The van der Waals surface area contributed by atoms with E-state index in [-0.39, 0.29) is 18.2 Å². The van der Waals surface area contributed by atoms with Gasteiger partial charge in [0.25, 0.3) is 5.91 Å². The van der Waals surface area contributed by atoms with Gasteiger partial charge in [-0.05, 0) is 73.0 Å². The van der Waals surface area contributed by atoms with Crippen molar-refractivity contribution in [1.29, 1.82) is 0 Å². The summed E-state index contributed by atoms with van der Waals surface area (Å²) < 4.78 is 34.6. The lowest BCUT2D eigenvalue weighted by Crippen LogP contribution is -2.20. The normalized spacial score (nSPS) is 12.9. The third kappa shape index (κ3) is 9.35. The second-order valence-electron chi connectivity index (χ2n) is 11.0. The Morgan fingerprint density at radius 3 is 2.04 bits per heavy atom. The number of rotatable bonds is 15. The molecule has 0 spiro atoms. The van der Waals surface area contributed by atoms with Crippen LogP contribution in [0.25, 0.3) is 28.3 Å². The van der Waals surface area contributed by atoms with Crippen LogP contribution in [0.15, 0.2) is 78.9 Å². The number of nitrogens with two attached hydrogens (primary N) is 1. The second kappa shape index (κ2) is 16.5. The summed E-state index contributed by atoms with van der Waals surface area (Å²) in [4.78, 5) is 29.4. The van der Waals surface area contributed by atoms with Crippen LogP contribution in [-0.2, 0) is 19.9 Å². The van der Waals surface area contributed by atoms with Crippen molar-refractivity contribution < 1.29 is 43.0 Å². The van der Waals surface area contributed by atoms with Gasteiger partial charge < -0.3 is 25.2 Å². The molecule has 4 aromatic rings. The van der Waals surface area contributed by atoms with Crippen LogP contribution >= 0.6 is 12.0 Å². The summed E-state index contributed by atoms with van der Waals surface area (Å²) in [6.45, 7) is 3.73. The van der Waals surface area contributed by atoms with Crippen LogP contribution in [0.2, 0.25) is 0 Å². The zero-order chi connectivity index (χ0) is 34.1. The first kappa shape index (κ1) is 35.5. The highest BCUT2D eigenvalue weighted by Crippen LogP contribution is 2.43. The molecule has 0 radical (unpaired) electrons. The number of carboxylic acids is 1. The smallest absolute Gasteiger partial charge is 0.305 e. The standard InChI is InChI=1S/C34H35F2N3O7S/c1-20(2)39-29(16-15-27(40)17-28(41)18-30(42)43)31(22-5-9-24(35)10-6-22)32(23-7-11-25(36)12-8-23)33(39)34(44)38-26-13-3-21(4-14-26)19-47-46-45-37/h3-16,20,27-28,40-41H,17-19,37H2,1-2H3,(H,38,44)(H,42,43)/b16-15+/t27-,28-/m0/s1. The van der Waals surface area contributed by atoms with Crippen molar-refractivity contribution in [2.24, 2.45) is 5.90 Å². The maximum atomic E-state index is 14.3. The lowest BCUT2D eigenvalue weighted by molar-refractivity contribution is -0.195.